The van der Waals surface area contributed by atoms with E-state index in [-0.39, 0.29) is 45.0 Å². The third-order valence-electron chi connectivity index (χ3n) is 5.67. The molecule has 0 unspecified atom stereocenters. The fourth-order valence-corrected chi connectivity index (χ4v) is 6.16. The maximum Gasteiger partial charge on any atom is 0.253 e. The van der Waals surface area contributed by atoms with E-state index in [1.807, 2.05) is 0 Å². The summed E-state index contributed by atoms with van der Waals surface area (Å²) in [6.07, 6.45) is 0.369. The molecular weight excluding hydrogens is 400 g/mol. The third kappa shape index (κ3) is 3.66. The Balaban J connectivity index is 1.78. The number of benzene rings is 1. The zero-order valence-electron chi connectivity index (χ0n) is 16.8. The number of carbonyl (C=O) groups is 2. The fraction of sp³-hybridized carbons (Fsp3) is 0.579. The van der Waals surface area contributed by atoms with Crippen LogP contribution in [0.1, 0.15) is 23.2 Å². The molecule has 2 aliphatic heterocycles. The first-order valence-electron chi connectivity index (χ1n) is 9.32. The van der Waals surface area contributed by atoms with Crippen LogP contribution in [0, 0.1) is 0 Å². The molecule has 0 atom stereocenters. The number of amides is 2. The largest absolute Gasteiger partial charge is 0.493 e. The molecule has 0 N–H and O–H groups in total. The number of carbonyl (C=O) groups excluding carboxylic acids is 2. The van der Waals surface area contributed by atoms with E-state index in [0.717, 1.165) is 0 Å². The summed E-state index contributed by atoms with van der Waals surface area (Å²) in [4.78, 5) is 27.0. The summed E-state index contributed by atoms with van der Waals surface area (Å²) >= 11 is 0. The van der Waals surface area contributed by atoms with E-state index >= 15 is 0 Å². The molecule has 0 aromatic heterocycles. The van der Waals surface area contributed by atoms with Crippen molar-refractivity contribution in [2.45, 2.75) is 17.7 Å². The van der Waals surface area contributed by atoms with Crippen molar-refractivity contribution in [2.75, 3.05) is 53.3 Å². The Hall–Kier alpha value is -2.33. The van der Waals surface area contributed by atoms with Crippen molar-refractivity contribution < 1.29 is 32.2 Å². The van der Waals surface area contributed by atoms with Crippen LogP contribution in [-0.4, -0.2) is 88.2 Å². The molecule has 0 aliphatic carbocycles. The Labute approximate surface area is 170 Å². The van der Waals surface area contributed by atoms with Crippen molar-refractivity contribution in [3.63, 3.8) is 0 Å². The van der Waals surface area contributed by atoms with Crippen LogP contribution in [0.25, 0.3) is 0 Å². The molecule has 2 fully saturated rings. The maximum atomic E-state index is 12.9. The summed E-state index contributed by atoms with van der Waals surface area (Å²) < 4.78 is 41.1. The van der Waals surface area contributed by atoms with Gasteiger partial charge in [-0.15, -0.1) is 0 Å². The summed E-state index contributed by atoms with van der Waals surface area (Å²) in [6, 6.07) is 4.91. The Morgan fingerprint density at radius 2 is 1.76 bits per heavy atom. The lowest BCUT2D eigenvalue weighted by molar-refractivity contribution is -0.131. The number of hydrogen-bond donors (Lipinski definition) is 0. The van der Waals surface area contributed by atoms with Gasteiger partial charge in [-0.05, 0) is 18.2 Å². The number of sulfone groups is 1. The zero-order chi connectivity index (χ0) is 21.2. The summed E-state index contributed by atoms with van der Waals surface area (Å²) in [5, 5.41) is 0. The van der Waals surface area contributed by atoms with Crippen molar-refractivity contribution >= 4 is 21.7 Å². The highest BCUT2D eigenvalue weighted by Crippen LogP contribution is 2.40. The highest BCUT2D eigenvalue weighted by Gasteiger charge is 2.58. The van der Waals surface area contributed by atoms with Crippen molar-refractivity contribution in [2.24, 2.45) is 0 Å². The number of hydrogen-bond acceptors (Lipinski definition) is 7. The van der Waals surface area contributed by atoms with Crippen LogP contribution < -0.4 is 9.47 Å². The summed E-state index contributed by atoms with van der Waals surface area (Å²) in [5.74, 6) is -0.138. The molecule has 2 amide bonds. The highest BCUT2D eigenvalue weighted by atomic mass is 32.2. The minimum atomic E-state index is -3.63. The second kappa shape index (κ2) is 8.19. The molecule has 0 radical (unpaired) electrons. The van der Waals surface area contributed by atoms with Gasteiger partial charge >= 0.3 is 0 Å². The van der Waals surface area contributed by atoms with Gasteiger partial charge in [-0.2, -0.15) is 0 Å². The lowest BCUT2D eigenvalue weighted by atomic mass is 10.0. The molecule has 1 spiro atoms. The van der Waals surface area contributed by atoms with Crippen LogP contribution in [0.4, 0.5) is 0 Å². The fourth-order valence-electron chi connectivity index (χ4n) is 4.07. The molecule has 0 saturated carbocycles. The van der Waals surface area contributed by atoms with E-state index in [4.69, 9.17) is 14.2 Å². The molecule has 29 heavy (non-hydrogen) atoms. The second-order valence-electron chi connectivity index (χ2n) is 7.11. The van der Waals surface area contributed by atoms with E-state index in [1.165, 1.54) is 26.2 Å². The van der Waals surface area contributed by atoms with Crippen LogP contribution in [-0.2, 0) is 19.4 Å². The molecule has 10 heteroatoms. The molecule has 2 aliphatic rings. The van der Waals surface area contributed by atoms with Gasteiger partial charge in [0.15, 0.2) is 21.3 Å². The monoisotopic (exact) mass is 426 g/mol. The molecule has 3 rings (SSSR count). The van der Waals surface area contributed by atoms with Crippen LogP contribution in [0.3, 0.4) is 0 Å². The van der Waals surface area contributed by atoms with Crippen molar-refractivity contribution in [3.05, 3.63) is 23.8 Å². The average molecular weight is 426 g/mol. The van der Waals surface area contributed by atoms with Gasteiger partial charge in [0.1, 0.15) is 10.6 Å². The molecule has 1 aromatic rings. The normalized spacial score (nSPS) is 20.2. The van der Waals surface area contributed by atoms with Crippen LogP contribution in [0.2, 0.25) is 0 Å². The minimum absolute atomic E-state index is 0.184. The number of ether oxygens (including phenoxy) is 3. The summed E-state index contributed by atoms with van der Waals surface area (Å²) in [7, 11) is 0.890. The van der Waals surface area contributed by atoms with Crippen molar-refractivity contribution in [3.8, 4) is 11.5 Å². The van der Waals surface area contributed by atoms with Gasteiger partial charge in [0.05, 0.1) is 20.8 Å². The predicted molar refractivity (Wildman–Crippen MR) is 105 cm³/mol. The van der Waals surface area contributed by atoms with E-state index in [9.17, 15) is 18.0 Å². The van der Waals surface area contributed by atoms with E-state index in [1.54, 1.807) is 23.1 Å². The van der Waals surface area contributed by atoms with Gasteiger partial charge in [0, 0.05) is 45.1 Å². The molecule has 1 aromatic carbocycles. The number of nitrogens with zero attached hydrogens (tertiary/aromatic N) is 2. The smallest absolute Gasteiger partial charge is 0.253 e. The molecule has 2 heterocycles. The first kappa shape index (κ1) is 21.4. The Bertz CT molecular complexity index is 892. The Kier molecular flexibility index (Phi) is 6.04. The molecule has 2 saturated heterocycles. The van der Waals surface area contributed by atoms with E-state index in [2.05, 4.69) is 0 Å². The molecule has 0 bridgehead atoms. The lowest BCUT2D eigenvalue weighted by Gasteiger charge is -2.43. The van der Waals surface area contributed by atoms with Gasteiger partial charge in [-0.1, -0.05) is 0 Å². The van der Waals surface area contributed by atoms with Gasteiger partial charge in [-0.25, -0.2) is 8.42 Å². The Morgan fingerprint density at radius 3 is 2.34 bits per heavy atom. The lowest BCUT2D eigenvalue weighted by Crippen LogP contribution is -2.57. The molecular formula is C19H26N2O7S. The first-order chi connectivity index (χ1) is 13.8. The third-order valence-corrected chi connectivity index (χ3v) is 8.08. The van der Waals surface area contributed by atoms with E-state index < -0.39 is 26.4 Å². The van der Waals surface area contributed by atoms with Crippen LogP contribution >= 0.6 is 0 Å². The number of methoxy groups -OCH3 is 3. The second-order valence-corrected chi connectivity index (χ2v) is 9.38. The predicted octanol–water partition coefficient (Wildman–Crippen LogP) is 0.540. The highest BCUT2D eigenvalue weighted by molar-refractivity contribution is 7.93. The Morgan fingerprint density at radius 1 is 1.10 bits per heavy atom. The molecule has 9 nitrogen and oxygen atoms in total. The topological polar surface area (TPSA) is 102 Å². The number of rotatable bonds is 6. The van der Waals surface area contributed by atoms with Crippen molar-refractivity contribution in [1.29, 1.82) is 0 Å². The number of piperidine rings is 1. The van der Waals surface area contributed by atoms with E-state index in [0.29, 0.717) is 17.1 Å². The SMILES string of the molecule is COCCN1C(=O)CS(=O)(=O)C12CCN(C(=O)c1ccc(OC)c(OC)c1)CC2. The number of likely N-dealkylation sites (tertiary alicyclic amines) is 1. The van der Waals surface area contributed by atoms with Crippen LogP contribution in [0.5, 0.6) is 11.5 Å². The minimum Gasteiger partial charge on any atom is -0.493 e. The van der Waals surface area contributed by atoms with Crippen molar-refractivity contribution in [1.82, 2.24) is 9.80 Å². The van der Waals surface area contributed by atoms with Gasteiger partial charge in [-0.3, -0.25) is 9.59 Å². The zero-order valence-corrected chi connectivity index (χ0v) is 17.7. The first-order valence-corrected chi connectivity index (χ1v) is 11.0. The summed E-state index contributed by atoms with van der Waals surface area (Å²) in [5.41, 5.74) is 0.431. The average Bonchev–Trinajstić information content (AvgIpc) is 2.90. The van der Waals surface area contributed by atoms with Gasteiger partial charge < -0.3 is 24.0 Å². The van der Waals surface area contributed by atoms with Crippen LogP contribution in [0.15, 0.2) is 18.2 Å². The standard InChI is InChI=1S/C19H26N2O7S/c1-26-11-10-21-17(22)13-29(24,25)19(21)6-8-20(9-7-19)18(23)14-4-5-15(27-2)16(12-14)28-3/h4-5,12H,6-11,13H2,1-3H3. The van der Waals surface area contributed by atoms with Gasteiger partial charge in [0.25, 0.3) is 5.91 Å². The molecule has 160 valence electrons. The maximum absolute atomic E-state index is 12.9. The van der Waals surface area contributed by atoms with Gasteiger partial charge in [0.2, 0.25) is 5.91 Å². The quantitative estimate of drug-likeness (QED) is 0.654. The summed E-state index contributed by atoms with van der Waals surface area (Å²) in [6.45, 7) is 0.960.